The van der Waals surface area contributed by atoms with E-state index in [-0.39, 0.29) is 0 Å². The van der Waals surface area contributed by atoms with Gasteiger partial charge in [-0.2, -0.15) is 0 Å². The highest BCUT2D eigenvalue weighted by Crippen LogP contribution is 2.37. The lowest BCUT2D eigenvalue weighted by molar-refractivity contribution is 0.581. The average molecular weight is 247 g/mol. The van der Waals surface area contributed by atoms with E-state index in [1.807, 2.05) is 0 Å². The third kappa shape index (κ3) is 2.56. The molecule has 0 amide bonds. The maximum absolute atomic E-state index is 5.76. The van der Waals surface area contributed by atoms with Gasteiger partial charge in [0.1, 0.15) is 5.82 Å². The summed E-state index contributed by atoms with van der Waals surface area (Å²) in [5.41, 5.74) is 9.25. The Balaban J connectivity index is 2.30. The van der Waals surface area contributed by atoms with Crippen LogP contribution in [0.15, 0.2) is 0 Å². The van der Waals surface area contributed by atoms with Crippen molar-refractivity contribution in [1.29, 1.82) is 0 Å². The number of hydrogen-bond donors (Lipinski definition) is 1. The van der Waals surface area contributed by atoms with Crippen molar-refractivity contribution in [3.05, 3.63) is 22.8 Å². The first-order valence-corrected chi connectivity index (χ1v) is 7.08. The standard InChI is InChI=1S/C15H25N3/c1-9-5-6-13(7-9)15-17-11(3)14(10(2)8-16)12(4)18-15/h9-10,13H,5-8,16H2,1-4H3. The minimum absolute atomic E-state index is 0.349. The summed E-state index contributed by atoms with van der Waals surface area (Å²) in [6, 6.07) is 0. The molecule has 0 aliphatic heterocycles. The van der Waals surface area contributed by atoms with E-state index in [1.54, 1.807) is 0 Å². The maximum Gasteiger partial charge on any atom is 0.131 e. The van der Waals surface area contributed by atoms with Gasteiger partial charge in [0.2, 0.25) is 0 Å². The molecule has 1 aliphatic carbocycles. The number of hydrogen-bond acceptors (Lipinski definition) is 3. The van der Waals surface area contributed by atoms with Gasteiger partial charge in [-0.15, -0.1) is 0 Å². The summed E-state index contributed by atoms with van der Waals surface area (Å²) in [5.74, 6) is 2.80. The summed E-state index contributed by atoms with van der Waals surface area (Å²) in [6.45, 7) is 9.32. The van der Waals surface area contributed by atoms with Gasteiger partial charge in [-0.3, -0.25) is 0 Å². The molecule has 100 valence electrons. The Morgan fingerprint density at radius 1 is 1.22 bits per heavy atom. The van der Waals surface area contributed by atoms with Gasteiger partial charge in [-0.25, -0.2) is 9.97 Å². The van der Waals surface area contributed by atoms with Crippen LogP contribution in [-0.4, -0.2) is 16.5 Å². The highest BCUT2D eigenvalue weighted by Gasteiger charge is 2.26. The topological polar surface area (TPSA) is 51.8 Å². The van der Waals surface area contributed by atoms with Crippen LogP contribution in [0.25, 0.3) is 0 Å². The quantitative estimate of drug-likeness (QED) is 0.893. The Labute approximate surface area is 110 Å². The Morgan fingerprint density at radius 3 is 2.28 bits per heavy atom. The van der Waals surface area contributed by atoms with E-state index in [2.05, 4.69) is 27.7 Å². The van der Waals surface area contributed by atoms with Crippen molar-refractivity contribution < 1.29 is 0 Å². The van der Waals surface area contributed by atoms with Crippen LogP contribution in [0, 0.1) is 19.8 Å². The van der Waals surface area contributed by atoms with Crippen molar-refractivity contribution >= 4 is 0 Å². The minimum atomic E-state index is 0.349. The second kappa shape index (κ2) is 5.35. The lowest BCUT2D eigenvalue weighted by Crippen LogP contribution is -2.15. The van der Waals surface area contributed by atoms with Crippen LogP contribution in [0.2, 0.25) is 0 Å². The zero-order valence-corrected chi connectivity index (χ0v) is 12.0. The number of nitrogens with two attached hydrogens (primary N) is 1. The van der Waals surface area contributed by atoms with E-state index >= 15 is 0 Å². The fourth-order valence-electron chi connectivity index (χ4n) is 3.21. The normalized spacial score (nSPS) is 25.4. The molecule has 0 bridgehead atoms. The lowest BCUT2D eigenvalue weighted by Gasteiger charge is -2.17. The first kappa shape index (κ1) is 13.5. The summed E-state index contributed by atoms with van der Waals surface area (Å²) in [5, 5.41) is 0. The summed E-state index contributed by atoms with van der Waals surface area (Å²) in [7, 11) is 0. The molecule has 0 aromatic carbocycles. The van der Waals surface area contributed by atoms with Crippen molar-refractivity contribution in [3.63, 3.8) is 0 Å². The van der Waals surface area contributed by atoms with E-state index < -0.39 is 0 Å². The van der Waals surface area contributed by atoms with E-state index in [4.69, 9.17) is 15.7 Å². The van der Waals surface area contributed by atoms with E-state index in [9.17, 15) is 0 Å². The first-order chi connectivity index (χ1) is 8.52. The van der Waals surface area contributed by atoms with Crippen LogP contribution in [0.1, 0.15) is 67.7 Å². The van der Waals surface area contributed by atoms with Crippen molar-refractivity contribution in [3.8, 4) is 0 Å². The Kier molecular flexibility index (Phi) is 4.00. The molecule has 0 saturated heterocycles. The van der Waals surface area contributed by atoms with Gasteiger partial charge in [-0.1, -0.05) is 13.8 Å². The van der Waals surface area contributed by atoms with Crippen LogP contribution in [0.3, 0.4) is 0 Å². The van der Waals surface area contributed by atoms with Gasteiger partial charge in [0.25, 0.3) is 0 Å². The molecule has 3 nitrogen and oxygen atoms in total. The van der Waals surface area contributed by atoms with Crippen molar-refractivity contribution in [1.82, 2.24) is 9.97 Å². The molecule has 2 rings (SSSR count). The van der Waals surface area contributed by atoms with E-state index in [0.29, 0.717) is 18.4 Å². The second-order valence-corrected chi connectivity index (χ2v) is 5.92. The van der Waals surface area contributed by atoms with E-state index in [1.165, 1.54) is 24.8 Å². The van der Waals surface area contributed by atoms with Gasteiger partial charge in [0.05, 0.1) is 0 Å². The monoisotopic (exact) mass is 247 g/mol. The van der Waals surface area contributed by atoms with Gasteiger partial charge in [0.15, 0.2) is 0 Å². The molecular weight excluding hydrogens is 222 g/mol. The average Bonchev–Trinajstić information content (AvgIpc) is 2.74. The molecule has 1 heterocycles. The smallest absolute Gasteiger partial charge is 0.131 e. The molecule has 3 atom stereocenters. The van der Waals surface area contributed by atoms with Crippen LogP contribution < -0.4 is 5.73 Å². The largest absolute Gasteiger partial charge is 0.330 e. The fourth-order valence-corrected chi connectivity index (χ4v) is 3.21. The van der Waals surface area contributed by atoms with Crippen LogP contribution in [-0.2, 0) is 0 Å². The third-order valence-corrected chi connectivity index (χ3v) is 4.25. The molecule has 1 aromatic rings. The van der Waals surface area contributed by atoms with Gasteiger partial charge in [0, 0.05) is 17.3 Å². The molecule has 3 unspecified atom stereocenters. The van der Waals surface area contributed by atoms with Gasteiger partial charge in [-0.05, 0) is 57.1 Å². The third-order valence-electron chi connectivity index (χ3n) is 4.25. The predicted octanol–water partition coefficient (Wildman–Crippen LogP) is 3.06. The van der Waals surface area contributed by atoms with Crippen molar-refractivity contribution in [2.75, 3.05) is 6.54 Å². The number of rotatable bonds is 3. The summed E-state index contributed by atoms with van der Waals surface area (Å²) >= 11 is 0. The molecule has 0 spiro atoms. The van der Waals surface area contributed by atoms with Gasteiger partial charge >= 0.3 is 0 Å². The fraction of sp³-hybridized carbons (Fsp3) is 0.733. The van der Waals surface area contributed by atoms with Crippen molar-refractivity contribution in [2.45, 2.75) is 58.8 Å². The number of aryl methyl sites for hydroxylation is 2. The molecular formula is C15H25N3. The zero-order chi connectivity index (χ0) is 13.3. The molecule has 0 radical (unpaired) electrons. The van der Waals surface area contributed by atoms with Crippen LogP contribution in [0.5, 0.6) is 0 Å². The van der Waals surface area contributed by atoms with Gasteiger partial charge < -0.3 is 5.73 Å². The Hall–Kier alpha value is -0.960. The summed E-state index contributed by atoms with van der Waals surface area (Å²) < 4.78 is 0. The highest BCUT2D eigenvalue weighted by atomic mass is 14.9. The highest BCUT2D eigenvalue weighted by molar-refractivity contribution is 5.29. The number of aromatic nitrogens is 2. The minimum Gasteiger partial charge on any atom is -0.330 e. The van der Waals surface area contributed by atoms with Crippen LogP contribution >= 0.6 is 0 Å². The van der Waals surface area contributed by atoms with Crippen LogP contribution in [0.4, 0.5) is 0 Å². The Bertz CT molecular complexity index is 405. The molecule has 1 aromatic heterocycles. The number of nitrogens with zero attached hydrogens (tertiary/aromatic N) is 2. The first-order valence-electron chi connectivity index (χ1n) is 7.08. The molecule has 1 aliphatic rings. The SMILES string of the molecule is Cc1nc(C2CCC(C)C2)nc(C)c1C(C)CN. The Morgan fingerprint density at radius 2 is 1.83 bits per heavy atom. The second-order valence-electron chi connectivity index (χ2n) is 5.92. The van der Waals surface area contributed by atoms with Crippen molar-refractivity contribution in [2.24, 2.45) is 11.7 Å². The summed E-state index contributed by atoms with van der Waals surface area (Å²) in [6.07, 6.45) is 3.80. The summed E-state index contributed by atoms with van der Waals surface area (Å²) in [4.78, 5) is 9.51. The zero-order valence-electron chi connectivity index (χ0n) is 12.0. The molecule has 18 heavy (non-hydrogen) atoms. The molecule has 1 saturated carbocycles. The molecule has 3 heteroatoms. The predicted molar refractivity (Wildman–Crippen MR) is 74.7 cm³/mol. The molecule has 2 N–H and O–H groups in total. The molecule has 1 fully saturated rings. The van der Waals surface area contributed by atoms with E-state index in [0.717, 1.165) is 23.1 Å². The maximum atomic E-state index is 5.76. The lowest BCUT2D eigenvalue weighted by atomic mass is 9.97.